The van der Waals surface area contributed by atoms with Crippen molar-refractivity contribution in [3.05, 3.63) is 58.4 Å². The maximum Gasteiger partial charge on any atom is 0.200 e. The Hall–Kier alpha value is -2.44. The third kappa shape index (κ3) is 3.39. The first-order valence-electron chi connectivity index (χ1n) is 7.24. The Labute approximate surface area is 135 Å². The first kappa shape index (κ1) is 17.9. The first-order valence-corrected chi connectivity index (χ1v) is 7.24. The zero-order valence-corrected chi connectivity index (χ0v) is 12.7. The molecule has 0 saturated carbocycles. The highest BCUT2D eigenvalue weighted by Crippen LogP contribution is 2.30. The number of rotatable bonds is 5. The molecule has 0 amide bonds. The molecule has 0 atom stereocenters. The number of halogens is 5. The van der Waals surface area contributed by atoms with Crippen molar-refractivity contribution in [3.63, 3.8) is 0 Å². The van der Waals surface area contributed by atoms with E-state index in [4.69, 9.17) is 0 Å². The number of para-hydroxylation sites is 1. The van der Waals surface area contributed by atoms with Crippen LogP contribution in [0.5, 0.6) is 5.75 Å². The zero-order chi connectivity index (χ0) is 17.9. The Morgan fingerprint density at radius 3 is 2.12 bits per heavy atom. The number of phenolic OH excluding ortho intramolecular Hbond substituents is 1. The van der Waals surface area contributed by atoms with E-state index in [-0.39, 0.29) is 11.3 Å². The second-order valence-corrected chi connectivity index (χ2v) is 5.14. The van der Waals surface area contributed by atoms with Crippen LogP contribution in [-0.4, -0.2) is 11.3 Å². The number of hydrogen-bond acceptors (Lipinski definition) is 2. The summed E-state index contributed by atoms with van der Waals surface area (Å²) in [5, 5.41) is 10.1. The molecule has 2 aromatic rings. The van der Waals surface area contributed by atoms with Crippen molar-refractivity contribution in [3.8, 4) is 5.75 Å². The van der Waals surface area contributed by atoms with Crippen LogP contribution in [0.3, 0.4) is 0 Å². The van der Waals surface area contributed by atoms with Gasteiger partial charge in [-0.1, -0.05) is 25.5 Å². The second kappa shape index (κ2) is 7.42. The molecular weight excluding hydrogens is 329 g/mol. The standard InChI is InChI=1S/C17H14F5NO/c1-2-3-5-9-6-4-7-10(17(9)24)8-23-16-14(21)12(19)11(18)13(20)15(16)22/h4,6-8,24H,2-3,5H2,1H3. The fourth-order valence-electron chi connectivity index (χ4n) is 2.13. The van der Waals surface area contributed by atoms with Crippen LogP contribution in [0.1, 0.15) is 30.9 Å². The number of phenols is 1. The molecule has 2 nitrogen and oxygen atoms in total. The molecule has 7 heteroatoms. The molecule has 0 spiro atoms. The lowest BCUT2D eigenvalue weighted by atomic mass is 10.0. The van der Waals surface area contributed by atoms with Gasteiger partial charge in [-0.15, -0.1) is 0 Å². The van der Waals surface area contributed by atoms with E-state index in [2.05, 4.69) is 4.99 Å². The van der Waals surface area contributed by atoms with Crippen molar-refractivity contribution < 1.29 is 27.1 Å². The van der Waals surface area contributed by atoms with Gasteiger partial charge in [0.15, 0.2) is 23.3 Å². The molecule has 0 aliphatic rings. The summed E-state index contributed by atoms with van der Waals surface area (Å²) < 4.78 is 66.3. The van der Waals surface area contributed by atoms with Gasteiger partial charge in [0.25, 0.3) is 0 Å². The maximum atomic E-state index is 13.6. The van der Waals surface area contributed by atoms with E-state index in [1.54, 1.807) is 12.1 Å². The molecule has 24 heavy (non-hydrogen) atoms. The van der Waals surface area contributed by atoms with Crippen LogP contribution in [0.4, 0.5) is 27.6 Å². The Bertz CT molecular complexity index is 760. The smallest absolute Gasteiger partial charge is 0.200 e. The predicted octanol–water partition coefficient (Wildman–Crippen LogP) is 5.18. The highest BCUT2D eigenvalue weighted by atomic mass is 19.2. The minimum absolute atomic E-state index is 0.118. The van der Waals surface area contributed by atoms with Crippen LogP contribution in [0.2, 0.25) is 0 Å². The molecule has 0 fully saturated rings. The van der Waals surface area contributed by atoms with Crippen LogP contribution < -0.4 is 0 Å². The number of unbranched alkanes of at least 4 members (excludes halogenated alkanes) is 1. The van der Waals surface area contributed by atoms with Crippen molar-refractivity contribution >= 4 is 11.9 Å². The van der Waals surface area contributed by atoms with Crippen LogP contribution in [-0.2, 0) is 6.42 Å². The van der Waals surface area contributed by atoms with Gasteiger partial charge in [-0.25, -0.2) is 26.9 Å². The van der Waals surface area contributed by atoms with Gasteiger partial charge in [-0.2, -0.15) is 0 Å². The van der Waals surface area contributed by atoms with Gasteiger partial charge in [0.1, 0.15) is 11.4 Å². The topological polar surface area (TPSA) is 32.6 Å². The summed E-state index contributed by atoms with van der Waals surface area (Å²) in [6.07, 6.45) is 3.18. The molecule has 2 rings (SSSR count). The summed E-state index contributed by atoms with van der Waals surface area (Å²) in [6, 6.07) is 4.70. The number of benzene rings is 2. The number of aromatic hydroxyl groups is 1. The Balaban J connectivity index is 2.43. The number of aryl methyl sites for hydroxylation is 1. The molecule has 0 unspecified atom stereocenters. The van der Waals surface area contributed by atoms with Crippen LogP contribution in [0.25, 0.3) is 0 Å². The molecule has 0 radical (unpaired) electrons. The molecule has 0 aromatic heterocycles. The Morgan fingerprint density at radius 1 is 0.958 bits per heavy atom. The fourth-order valence-corrected chi connectivity index (χ4v) is 2.13. The molecule has 128 valence electrons. The van der Waals surface area contributed by atoms with Crippen LogP contribution >= 0.6 is 0 Å². The molecule has 1 N–H and O–H groups in total. The Morgan fingerprint density at radius 2 is 1.54 bits per heavy atom. The van der Waals surface area contributed by atoms with Gasteiger partial charge in [0.05, 0.1) is 0 Å². The average molecular weight is 343 g/mol. The van der Waals surface area contributed by atoms with Crippen molar-refractivity contribution in [2.75, 3.05) is 0 Å². The Kier molecular flexibility index (Phi) is 5.54. The second-order valence-electron chi connectivity index (χ2n) is 5.14. The lowest BCUT2D eigenvalue weighted by Gasteiger charge is -2.07. The van der Waals surface area contributed by atoms with Crippen LogP contribution in [0, 0.1) is 29.1 Å². The van der Waals surface area contributed by atoms with E-state index in [1.165, 1.54) is 6.07 Å². The highest BCUT2D eigenvalue weighted by Gasteiger charge is 2.25. The lowest BCUT2D eigenvalue weighted by Crippen LogP contribution is -2.01. The molecule has 0 aliphatic carbocycles. The van der Waals surface area contributed by atoms with E-state index in [1.807, 2.05) is 6.92 Å². The number of hydrogen-bond donors (Lipinski definition) is 1. The monoisotopic (exact) mass is 343 g/mol. The lowest BCUT2D eigenvalue weighted by molar-refractivity contribution is 0.381. The summed E-state index contributed by atoms with van der Waals surface area (Å²) >= 11 is 0. The summed E-state index contributed by atoms with van der Waals surface area (Å²) in [4.78, 5) is 3.34. The molecule has 0 aliphatic heterocycles. The van der Waals surface area contributed by atoms with Gasteiger partial charge in [-0.05, 0) is 24.5 Å². The SMILES string of the molecule is CCCCc1cccc(C=Nc2c(F)c(F)c(F)c(F)c2F)c1O. The third-order valence-electron chi connectivity index (χ3n) is 3.47. The molecular formula is C17H14F5NO. The summed E-state index contributed by atoms with van der Waals surface area (Å²) in [6.45, 7) is 1.98. The predicted molar refractivity (Wildman–Crippen MR) is 80.2 cm³/mol. The summed E-state index contributed by atoms with van der Waals surface area (Å²) in [5.41, 5.74) is -0.574. The number of nitrogens with zero attached hydrogens (tertiary/aromatic N) is 1. The van der Waals surface area contributed by atoms with Gasteiger partial charge in [0, 0.05) is 11.8 Å². The fraction of sp³-hybridized carbons (Fsp3) is 0.235. The highest BCUT2D eigenvalue weighted by molar-refractivity contribution is 5.86. The van der Waals surface area contributed by atoms with E-state index in [9.17, 15) is 27.1 Å². The average Bonchev–Trinajstić information content (AvgIpc) is 2.58. The van der Waals surface area contributed by atoms with Gasteiger partial charge in [0.2, 0.25) is 5.82 Å². The van der Waals surface area contributed by atoms with E-state index >= 15 is 0 Å². The maximum absolute atomic E-state index is 13.6. The molecule has 0 saturated heterocycles. The number of aliphatic imine (C=N–C) groups is 1. The molecule has 0 heterocycles. The summed E-state index contributed by atoms with van der Waals surface area (Å²) in [5.74, 6) is -10.6. The van der Waals surface area contributed by atoms with Crippen LogP contribution in [0.15, 0.2) is 23.2 Å². The zero-order valence-electron chi connectivity index (χ0n) is 12.7. The van der Waals surface area contributed by atoms with Crippen molar-refractivity contribution in [1.29, 1.82) is 0 Å². The minimum atomic E-state index is -2.24. The van der Waals surface area contributed by atoms with Crippen molar-refractivity contribution in [2.45, 2.75) is 26.2 Å². The van der Waals surface area contributed by atoms with Gasteiger partial charge in [-0.3, -0.25) is 0 Å². The minimum Gasteiger partial charge on any atom is -0.507 e. The normalized spacial score (nSPS) is 11.4. The van der Waals surface area contributed by atoms with Gasteiger partial charge >= 0.3 is 0 Å². The van der Waals surface area contributed by atoms with Crippen molar-refractivity contribution in [2.24, 2.45) is 4.99 Å². The first-order chi connectivity index (χ1) is 11.4. The quantitative estimate of drug-likeness (QED) is 0.345. The molecule has 2 aromatic carbocycles. The van der Waals surface area contributed by atoms with Gasteiger partial charge < -0.3 is 5.11 Å². The summed E-state index contributed by atoms with van der Waals surface area (Å²) in [7, 11) is 0. The van der Waals surface area contributed by atoms with Crippen molar-refractivity contribution in [1.82, 2.24) is 0 Å². The van der Waals surface area contributed by atoms with E-state index < -0.39 is 34.8 Å². The third-order valence-corrected chi connectivity index (χ3v) is 3.47. The van der Waals surface area contributed by atoms with E-state index in [0.717, 1.165) is 19.1 Å². The van der Waals surface area contributed by atoms with E-state index in [0.29, 0.717) is 12.0 Å². The molecule has 0 bridgehead atoms. The largest absolute Gasteiger partial charge is 0.507 e.